The van der Waals surface area contributed by atoms with Gasteiger partial charge in [-0.05, 0) is 38.8 Å². The van der Waals surface area contributed by atoms with Gasteiger partial charge in [-0.25, -0.2) is 0 Å². The number of rotatable bonds is 4. The zero-order chi connectivity index (χ0) is 12.4. The van der Waals surface area contributed by atoms with Gasteiger partial charge in [0.15, 0.2) is 0 Å². The third-order valence-corrected chi connectivity index (χ3v) is 10.5. The summed E-state index contributed by atoms with van der Waals surface area (Å²) in [6.45, 7) is 11.9. The first-order chi connectivity index (χ1) is 6.62. The number of hydrogen-bond acceptors (Lipinski definition) is 2. The summed E-state index contributed by atoms with van der Waals surface area (Å²) in [4.78, 5) is 0. The SMILES string of the molecule is CCC(C)[Si](N(C)C)(N(C)C)C(C)(C)C. The molecular formula is C12H30N2Si. The Kier molecular flexibility index (Phi) is 5.02. The van der Waals surface area contributed by atoms with Crippen LogP contribution in [0.25, 0.3) is 0 Å². The molecule has 0 aliphatic heterocycles. The van der Waals surface area contributed by atoms with Gasteiger partial charge in [0.2, 0.25) is 8.40 Å². The molecule has 0 N–H and O–H groups in total. The summed E-state index contributed by atoms with van der Waals surface area (Å²) in [6.07, 6.45) is 1.26. The van der Waals surface area contributed by atoms with Crippen LogP contribution in [0.4, 0.5) is 0 Å². The second kappa shape index (κ2) is 4.98. The van der Waals surface area contributed by atoms with Crippen LogP contribution in [-0.2, 0) is 0 Å². The quantitative estimate of drug-likeness (QED) is 0.685. The largest absolute Gasteiger partial charge is 0.317 e. The van der Waals surface area contributed by atoms with Crippen LogP contribution in [0.1, 0.15) is 41.0 Å². The van der Waals surface area contributed by atoms with Crippen molar-refractivity contribution >= 4 is 8.40 Å². The van der Waals surface area contributed by atoms with E-state index in [1.165, 1.54) is 6.42 Å². The van der Waals surface area contributed by atoms with Crippen molar-refractivity contribution in [2.75, 3.05) is 28.2 Å². The van der Waals surface area contributed by atoms with Crippen molar-refractivity contribution in [3.05, 3.63) is 0 Å². The second-order valence-electron chi connectivity index (χ2n) is 6.07. The van der Waals surface area contributed by atoms with Crippen molar-refractivity contribution < 1.29 is 0 Å². The monoisotopic (exact) mass is 230 g/mol. The van der Waals surface area contributed by atoms with Crippen molar-refractivity contribution in [3.8, 4) is 0 Å². The summed E-state index contributed by atoms with van der Waals surface area (Å²) in [5.41, 5.74) is 0.780. The summed E-state index contributed by atoms with van der Waals surface area (Å²) in [5.74, 6) is 0. The molecule has 15 heavy (non-hydrogen) atoms. The van der Waals surface area contributed by atoms with Crippen molar-refractivity contribution in [1.82, 2.24) is 9.13 Å². The number of nitrogens with zero attached hydrogens (tertiary/aromatic N) is 2. The topological polar surface area (TPSA) is 6.48 Å². The standard InChI is InChI=1S/C12H30N2Si/c1-10-11(2)15(13(6)7,14(8)9)12(3,4)5/h11H,10H2,1-9H3. The van der Waals surface area contributed by atoms with E-state index in [1.54, 1.807) is 0 Å². The second-order valence-corrected chi connectivity index (χ2v) is 11.8. The van der Waals surface area contributed by atoms with Crippen LogP contribution in [0.15, 0.2) is 0 Å². The Morgan fingerprint density at radius 3 is 1.40 bits per heavy atom. The van der Waals surface area contributed by atoms with E-state index in [4.69, 9.17) is 0 Å². The molecule has 0 bridgehead atoms. The molecule has 0 radical (unpaired) electrons. The molecule has 0 saturated heterocycles. The normalized spacial score (nSPS) is 16.2. The molecule has 1 atom stereocenters. The highest BCUT2D eigenvalue weighted by atomic mass is 28.4. The van der Waals surface area contributed by atoms with Crippen molar-refractivity contribution in [1.29, 1.82) is 0 Å². The third kappa shape index (κ3) is 2.45. The fraction of sp³-hybridized carbons (Fsp3) is 1.00. The molecule has 3 heteroatoms. The Balaban J connectivity index is 5.49. The molecule has 1 unspecified atom stereocenters. The van der Waals surface area contributed by atoms with E-state index in [1.807, 2.05) is 0 Å². The van der Waals surface area contributed by atoms with Crippen molar-refractivity contribution in [2.24, 2.45) is 0 Å². The van der Waals surface area contributed by atoms with Crippen LogP contribution in [0.2, 0.25) is 10.6 Å². The molecule has 0 amide bonds. The number of hydrogen-bond donors (Lipinski definition) is 0. The van der Waals surface area contributed by atoms with E-state index >= 15 is 0 Å². The minimum absolute atomic E-state index is 0.370. The Morgan fingerprint density at radius 1 is 1.00 bits per heavy atom. The maximum absolute atomic E-state index is 2.52. The molecule has 0 aromatic rings. The highest BCUT2D eigenvalue weighted by Gasteiger charge is 2.52. The van der Waals surface area contributed by atoms with Crippen LogP contribution in [0, 0.1) is 0 Å². The lowest BCUT2D eigenvalue weighted by atomic mass is 10.2. The van der Waals surface area contributed by atoms with E-state index in [0.29, 0.717) is 5.04 Å². The van der Waals surface area contributed by atoms with Crippen LogP contribution in [0.3, 0.4) is 0 Å². The summed E-state index contributed by atoms with van der Waals surface area (Å²) < 4.78 is 5.03. The first-order valence-corrected chi connectivity index (χ1v) is 7.94. The van der Waals surface area contributed by atoms with E-state index in [0.717, 1.165) is 5.54 Å². The Labute approximate surface area is 97.8 Å². The van der Waals surface area contributed by atoms with Gasteiger partial charge < -0.3 is 9.13 Å². The molecular weight excluding hydrogens is 200 g/mol. The van der Waals surface area contributed by atoms with Gasteiger partial charge in [-0.1, -0.05) is 41.0 Å². The first kappa shape index (κ1) is 15.1. The summed E-state index contributed by atoms with van der Waals surface area (Å²) in [6, 6.07) is 0. The van der Waals surface area contributed by atoms with Gasteiger partial charge in [0.05, 0.1) is 0 Å². The van der Waals surface area contributed by atoms with E-state index in [-0.39, 0.29) is 0 Å². The molecule has 0 fully saturated rings. The van der Waals surface area contributed by atoms with Gasteiger partial charge in [0.1, 0.15) is 0 Å². The van der Waals surface area contributed by atoms with Gasteiger partial charge in [-0.3, -0.25) is 0 Å². The molecule has 92 valence electrons. The highest BCUT2D eigenvalue weighted by Crippen LogP contribution is 2.46. The minimum atomic E-state index is -1.59. The van der Waals surface area contributed by atoms with E-state index < -0.39 is 8.40 Å². The molecule has 0 aromatic carbocycles. The Bertz CT molecular complexity index is 186. The molecule has 0 saturated carbocycles. The smallest absolute Gasteiger partial charge is 0.214 e. The van der Waals surface area contributed by atoms with Crippen molar-refractivity contribution in [3.63, 3.8) is 0 Å². The fourth-order valence-corrected chi connectivity index (χ4v) is 10.9. The van der Waals surface area contributed by atoms with Crippen molar-refractivity contribution in [2.45, 2.75) is 51.6 Å². The van der Waals surface area contributed by atoms with Crippen LogP contribution in [0.5, 0.6) is 0 Å². The lowest BCUT2D eigenvalue weighted by molar-refractivity contribution is 0.399. The summed E-state index contributed by atoms with van der Waals surface area (Å²) >= 11 is 0. The van der Waals surface area contributed by atoms with E-state index in [9.17, 15) is 0 Å². The van der Waals surface area contributed by atoms with Gasteiger partial charge in [-0.15, -0.1) is 0 Å². The average Bonchev–Trinajstić information content (AvgIpc) is 2.00. The van der Waals surface area contributed by atoms with Crippen LogP contribution < -0.4 is 0 Å². The molecule has 0 aliphatic carbocycles. The van der Waals surface area contributed by atoms with Gasteiger partial charge in [0, 0.05) is 0 Å². The molecule has 0 rings (SSSR count). The van der Waals surface area contributed by atoms with Crippen LogP contribution >= 0.6 is 0 Å². The lowest BCUT2D eigenvalue weighted by Crippen LogP contribution is -2.68. The van der Waals surface area contributed by atoms with Gasteiger partial charge in [-0.2, -0.15) is 0 Å². The predicted octanol–water partition coefficient (Wildman–Crippen LogP) is 3.15. The molecule has 0 heterocycles. The third-order valence-electron chi connectivity index (χ3n) is 3.77. The summed E-state index contributed by atoms with van der Waals surface area (Å²) in [7, 11) is 7.43. The Hall–Kier alpha value is 0.137. The Morgan fingerprint density at radius 2 is 1.33 bits per heavy atom. The van der Waals surface area contributed by atoms with Crippen LogP contribution in [-0.4, -0.2) is 45.7 Å². The summed E-state index contributed by atoms with van der Waals surface area (Å²) in [5, 5.41) is 0.370. The average molecular weight is 230 g/mol. The predicted molar refractivity (Wildman–Crippen MR) is 72.6 cm³/mol. The van der Waals surface area contributed by atoms with Gasteiger partial charge in [0.25, 0.3) is 0 Å². The first-order valence-electron chi connectivity index (χ1n) is 5.97. The maximum Gasteiger partial charge on any atom is 0.214 e. The fourth-order valence-electron chi connectivity index (χ4n) is 3.65. The highest BCUT2D eigenvalue weighted by molar-refractivity contribution is 6.78. The van der Waals surface area contributed by atoms with Gasteiger partial charge >= 0.3 is 0 Å². The molecule has 0 aliphatic rings. The minimum Gasteiger partial charge on any atom is -0.317 e. The molecule has 2 nitrogen and oxygen atoms in total. The maximum atomic E-state index is 2.52. The zero-order valence-corrected chi connectivity index (χ0v) is 13.2. The zero-order valence-electron chi connectivity index (χ0n) is 12.2. The van der Waals surface area contributed by atoms with E-state index in [2.05, 4.69) is 71.9 Å². The lowest BCUT2D eigenvalue weighted by Gasteiger charge is -2.54. The molecule has 0 aromatic heterocycles. The molecule has 0 spiro atoms.